The molecule has 0 unspecified atom stereocenters. The Morgan fingerprint density at radius 2 is 1.79 bits per heavy atom. The number of thiophene rings is 1. The van der Waals surface area contributed by atoms with E-state index in [4.69, 9.17) is 5.11 Å². The molecule has 1 aromatic heterocycles. The van der Waals surface area contributed by atoms with Crippen LogP contribution in [0.2, 0.25) is 0 Å². The number of hydrogen-bond acceptors (Lipinski definition) is 2. The van der Waals surface area contributed by atoms with Gasteiger partial charge in [0.15, 0.2) is 0 Å². The van der Waals surface area contributed by atoms with E-state index in [1.165, 1.54) is 18.2 Å². The zero-order valence-corrected chi connectivity index (χ0v) is 10.2. The van der Waals surface area contributed by atoms with Crippen LogP contribution in [0, 0.1) is 17.5 Å². The summed E-state index contributed by atoms with van der Waals surface area (Å²) in [5.74, 6) is -4.09. The second-order valence-corrected chi connectivity index (χ2v) is 4.73. The van der Waals surface area contributed by atoms with Gasteiger partial charge >= 0.3 is 5.97 Å². The minimum atomic E-state index is -1.12. The fourth-order valence-corrected chi connectivity index (χ4v) is 2.47. The van der Waals surface area contributed by atoms with Gasteiger partial charge in [0.2, 0.25) is 0 Å². The van der Waals surface area contributed by atoms with Crippen LogP contribution in [0.1, 0.15) is 4.88 Å². The molecule has 0 saturated heterocycles. The molecule has 0 spiro atoms. The van der Waals surface area contributed by atoms with Crippen molar-refractivity contribution in [2.24, 2.45) is 0 Å². The van der Waals surface area contributed by atoms with Crippen molar-refractivity contribution >= 4 is 23.4 Å². The second-order valence-electron chi connectivity index (χ2n) is 3.62. The number of carbonyl (C=O) groups is 1. The number of carboxylic acid groups (broad SMARTS) is 1. The van der Waals surface area contributed by atoms with E-state index >= 15 is 0 Å². The van der Waals surface area contributed by atoms with E-state index in [0.717, 1.165) is 17.4 Å². The van der Waals surface area contributed by atoms with E-state index in [9.17, 15) is 18.0 Å². The quantitative estimate of drug-likeness (QED) is 0.867. The highest BCUT2D eigenvalue weighted by Gasteiger charge is 2.15. The first kappa shape index (κ1) is 13.4. The molecule has 19 heavy (non-hydrogen) atoms. The van der Waals surface area contributed by atoms with Crippen LogP contribution in [0.3, 0.4) is 0 Å². The molecule has 0 aliphatic carbocycles. The average molecular weight is 284 g/mol. The summed E-state index contributed by atoms with van der Waals surface area (Å²) in [6, 6.07) is 4.18. The molecule has 0 aliphatic heterocycles. The minimum absolute atomic E-state index is 0.264. The molecule has 0 saturated carbocycles. The Morgan fingerprint density at radius 3 is 2.37 bits per heavy atom. The summed E-state index contributed by atoms with van der Waals surface area (Å²) in [7, 11) is 0. The largest absolute Gasteiger partial charge is 0.478 e. The zero-order valence-electron chi connectivity index (χ0n) is 9.36. The Labute approximate surface area is 110 Å². The molecule has 1 heterocycles. The maximum Gasteiger partial charge on any atom is 0.328 e. The Kier molecular flexibility index (Phi) is 3.71. The highest BCUT2D eigenvalue weighted by molar-refractivity contribution is 7.16. The van der Waals surface area contributed by atoms with E-state index in [-0.39, 0.29) is 10.4 Å². The van der Waals surface area contributed by atoms with Gasteiger partial charge in [0.25, 0.3) is 0 Å². The minimum Gasteiger partial charge on any atom is -0.478 e. The molecule has 0 bridgehead atoms. The van der Waals surface area contributed by atoms with Gasteiger partial charge in [-0.05, 0) is 18.2 Å². The maximum atomic E-state index is 13.5. The van der Waals surface area contributed by atoms with Crippen molar-refractivity contribution in [3.8, 4) is 10.4 Å². The van der Waals surface area contributed by atoms with Crippen LogP contribution >= 0.6 is 11.3 Å². The molecule has 0 fully saturated rings. The summed E-state index contributed by atoms with van der Waals surface area (Å²) in [6.07, 6.45) is 2.24. The second kappa shape index (κ2) is 5.27. The summed E-state index contributed by atoms with van der Waals surface area (Å²) >= 11 is 1.01. The molecule has 0 radical (unpaired) electrons. The van der Waals surface area contributed by atoms with Crippen LogP contribution in [0.15, 0.2) is 30.3 Å². The predicted octanol–water partition coefficient (Wildman–Crippen LogP) is 3.93. The van der Waals surface area contributed by atoms with Gasteiger partial charge in [-0.1, -0.05) is 0 Å². The fraction of sp³-hybridized carbons (Fsp3) is 0. The van der Waals surface area contributed by atoms with Crippen LogP contribution in [-0.2, 0) is 4.79 Å². The Morgan fingerprint density at radius 1 is 1.16 bits per heavy atom. The van der Waals surface area contributed by atoms with E-state index in [1.807, 2.05) is 0 Å². The third kappa shape index (κ3) is 3.03. The highest BCUT2D eigenvalue weighted by atomic mass is 32.1. The first-order valence-electron chi connectivity index (χ1n) is 5.13. The van der Waals surface area contributed by atoms with Gasteiger partial charge < -0.3 is 5.11 Å². The Hall–Kier alpha value is -2.08. The lowest BCUT2D eigenvalue weighted by atomic mass is 10.1. The van der Waals surface area contributed by atoms with Gasteiger partial charge in [0, 0.05) is 28.0 Å². The van der Waals surface area contributed by atoms with Crippen molar-refractivity contribution in [1.29, 1.82) is 0 Å². The number of rotatable bonds is 3. The van der Waals surface area contributed by atoms with Crippen molar-refractivity contribution in [3.63, 3.8) is 0 Å². The van der Waals surface area contributed by atoms with Gasteiger partial charge in [0.05, 0.1) is 5.56 Å². The summed E-state index contributed by atoms with van der Waals surface area (Å²) < 4.78 is 39.9. The molecular weight excluding hydrogens is 277 g/mol. The number of aliphatic carboxylic acids is 1. The smallest absolute Gasteiger partial charge is 0.328 e. The number of benzene rings is 1. The molecule has 0 amide bonds. The molecule has 98 valence electrons. The number of hydrogen-bond donors (Lipinski definition) is 1. The van der Waals surface area contributed by atoms with E-state index in [1.54, 1.807) is 0 Å². The van der Waals surface area contributed by atoms with Gasteiger partial charge in [-0.25, -0.2) is 18.0 Å². The van der Waals surface area contributed by atoms with Crippen LogP contribution in [0.5, 0.6) is 0 Å². The topological polar surface area (TPSA) is 37.3 Å². The summed E-state index contributed by atoms with van der Waals surface area (Å²) in [5.41, 5.74) is -0.318. The van der Waals surface area contributed by atoms with E-state index in [0.29, 0.717) is 17.0 Å². The van der Waals surface area contributed by atoms with Gasteiger partial charge in [-0.3, -0.25) is 0 Å². The SMILES string of the molecule is O=C(O)C=Cc1ccc(-c2c(F)cc(F)cc2F)s1. The molecule has 2 aromatic rings. The molecule has 1 aromatic carbocycles. The van der Waals surface area contributed by atoms with Crippen LogP contribution < -0.4 is 0 Å². The Balaban J connectivity index is 2.41. The lowest BCUT2D eigenvalue weighted by Crippen LogP contribution is -1.90. The third-order valence-corrected chi connectivity index (χ3v) is 3.34. The summed E-state index contributed by atoms with van der Waals surface area (Å²) in [4.78, 5) is 11.1. The maximum absolute atomic E-state index is 13.5. The lowest BCUT2D eigenvalue weighted by Gasteiger charge is -2.02. The average Bonchev–Trinajstić information content (AvgIpc) is 2.73. The first-order valence-corrected chi connectivity index (χ1v) is 5.95. The van der Waals surface area contributed by atoms with Gasteiger partial charge in [-0.2, -0.15) is 0 Å². The highest BCUT2D eigenvalue weighted by Crippen LogP contribution is 2.33. The molecule has 1 N–H and O–H groups in total. The molecular formula is C13H7F3O2S. The molecule has 2 rings (SSSR count). The van der Waals surface area contributed by atoms with Crippen molar-refractivity contribution in [3.05, 3.63) is 52.7 Å². The standard InChI is InChI=1S/C13H7F3O2S/c14-7-5-9(15)13(10(16)6-7)11-3-1-8(19-11)2-4-12(17)18/h1-6H,(H,17,18). The van der Waals surface area contributed by atoms with Crippen molar-refractivity contribution in [1.82, 2.24) is 0 Å². The van der Waals surface area contributed by atoms with Crippen molar-refractivity contribution in [2.75, 3.05) is 0 Å². The first-order chi connectivity index (χ1) is 8.97. The van der Waals surface area contributed by atoms with Crippen LogP contribution in [-0.4, -0.2) is 11.1 Å². The van der Waals surface area contributed by atoms with Crippen LogP contribution in [0.4, 0.5) is 13.2 Å². The van der Waals surface area contributed by atoms with Crippen molar-refractivity contribution < 1.29 is 23.1 Å². The summed E-state index contributed by atoms with van der Waals surface area (Å²) in [5, 5.41) is 8.47. The monoisotopic (exact) mass is 284 g/mol. The van der Waals surface area contributed by atoms with Crippen molar-refractivity contribution in [2.45, 2.75) is 0 Å². The van der Waals surface area contributed by atoms with Crippen LogP contribution in [0.25, 0.3) is 16.5 Å². The Bertz CT molecular complexity index is 639. The normalized spacial score (nSPS) is 11.1. The molecule has 2 nitrogen and oxygen atoms in total. The van der Waals surface area contributed by atoms with E-state index in [2.05, 4.69) is 0 Å². The molecule has 6 heteroatoms. The van der Waals surface area contributed by atoms with E-state index < -0.39 is 23.4 Å². The lowest BCUT2D eigenvalue weighted by molar-refractivity contribution is -0.131. The molecule has 0 atom stereocenters. The third-order valence-electron chi connectivity index (χ3n) is 2.27. The number of halogens is 3. The fourth-order valence-electron chi connectivity index (χ4n) is 1.51. The summed E-state index contributed by atoms with van der Waals surface area (Å²) in [6.45, 7) is 0. The van der Waals surface area contributed by atoms with Gasteiger partial charge in [-0.15, -0.1) is 11.3 Å². The number of carboxylic acids is 1. The molecule has 0 aliphatic rings. The zero-order chi connectivity index (χ0) is 14.0. The predicted molar refractivity (Wildman–Crippen MR) is 66.3 cm³/mol. The van der Waals surface area contributed by atoms with Gasteiger partial charge in [0.1, 0.15) is 17.5 Å².